The van der Waals surface area contributed by atoms with Crippen molar-refractivity contribution in [1.29, 1.82) is 0 Å². The summed E-state index contributed by atoms with van der Waals surface area (Å²) in [5.41, 5.74) is 1.99. The van der Waals surface area contributed by atoms with Crippen LogP contribution >= 0.6 is 0 Å². The summed E-state index contributed by atoms with van der Waals surface area (Å²) < 4.78 is 0. The van der Waals surface area contributed by atoms with Gasteiger partial charge in [-0.3, -0.25) is 4.79 Å². The van der Waals surface area contributed by atoms with Gasteiger partial charge in [0.15, 0.2) is 0 Å². The van der Waals surface area contributed by atoms with Gasteiger partial charge in [-0.05, 0) is 26.3 Å². The number of aldehydes is 1. The van der Waals surface area contributed by atoms with E-state index in [1.54, 1.807) is 13.0 Å². The fourth-order valence-corrected chi connectivity index (χ4v) is 0.495. The van der Waals surface area contributed by atoms with Gasteiger partial charge in [0, 0.05) is 0 Å². The average Bonchev–Trinajstić information content (AvgIpc) is 1.97. The lowest BCUT2D eigenvalue weighted by Crippen LogP contribution is -1.71. The van der Waals surface area contributed by atoms with E-state index in [4.69, 9.17) is 0 Å². The smallest absolute Gasteiger partial charge is 0.145 e. The van der Waals surface area contributed by atoms with Crippen molar-refractivity contribution in [3.8, 4) is 0 Å². The summed E-state index contributed by atoms with van der Waals surface area (Å²) in [5, 5.41) is 0. The van der Waals surface area contributed by atoms with E-state index >= 15 is 0 Å². The highest BCUT2D eigenvalue weighted by Gasteiger charge is 1.76. The van der Waals surface area contributed by atoms with Crippen molar-refractivity contribution in [2.24, 2.45) is 0 Å². The highest BCUT2D eigenvalue weighted by molar-refractivity contribution is 5.72. The van der Waals surface area contributed by atoms with E-state index in [0.717, 1.165) is 11.9 Å². The van der Waals surface area contributed by atoms with Gasteiger partial charge in [0.25, 0.3) is 0 Å². The number of allylic oxidation sites excluding steroid dienone is 6. The van der Waals surface area contributed by atoms with Crippen LogP contribution in [0, 0.1) is 0 Å². The summed E-state index contributed by atoms with van der Waals surface area (Å²) in [6.07, 6.45) is 8.40. The Balaban J connectivity index is 3.96. The first kappa shape index (κ1) is 9.89. The van der Waals surface area contributed by atoms with E-state index in [2.05, 4.69) is 0 Å². The molecular weight excluding hydrogens is 136 g/mol. The molecule has 0 N–H and O–H groups in total. The number of hydrogen-bond acceptors (Lipinski definition) is 1. The Hall–Kier alpha value is -1.11. The Kier molecular flexibility index (Phi) is 5.09. The van der Waals surface area contributed by atoms with Crippen LogP contribution in [0.5, 0.6) is 0 Å². The van der Waals surface area contributed by atoms with E-state index < -0.39 is 0 Å². The second kappa shape index (κ2) is 5.66. The van der Waals surface area contributed by atoms with Crippen molar-refractivity contribution >= 4 is 6.29 Å². The van der Waals surface area contributed by atoms with Gasteiger partial charge in [-0.2, -0.15) is 0 Å². The maximum absolute atomic E-state index is 10.1. The van der Waals surface area contributed by atoms with Crippen molar-refractivity contribution in [1.82, 2.24) is 0 Å². The van der Waals surface area contributed by atoms with E-state index in [1.165, 1.54) is 5.57 Å². The highest BCUT2D eigenvalue weighted by Crippen LogP contribution is 1.91. The Morgan fingerprint density at radius 1 is 1.00 bits per heavy atom. The molecule has 0 unspecified atom stereocenters. The summed E-state index contributed by atoms with van der Waals surface area (Å²) >= 11 is 0. The molecule has 0 aliphatic rings. The van der Waals surface area contributed by atoms with Crippen LogP contribution in [-0.2, 0) is 4.79 Å². The van der Waals surface area contributed by atoms with Crippen molar-refractivity contribution < 1.29 is 4.79 Å². The minimum absolute atomic E-state index is 0.739. The fourth-order valence-electron chi connectivity index (χ4n) is 0.495. The standard InChI is InChI=1S/C10H14O/c1-9(2)6-4-5-7-10(3)8-11/h4-8H,1-3H3. The van der Waals surface area contributed by atoms with Crippen LogP contribution in [-0.4, -0.2) is 6.29 Å². The molecule has 0 rings (SSSR count). The molecule has 0 aromatic carbocycles. The largest absolute Gasteiger partial charge is 0.298 e. The first-order valence-electron chi connectivity index (χ1n) is 3.60. The Bertz CT molecular complexity index is 203. The lowest BCUT2D eigenvalue weighted by atomic mass is 10.2. The van der Waals surface area contributed by atoms with Gasteiger partial charge < -0.3 is 0 Å². The summed E-state index contributed by atoms with van der Waals surface area (Å²) in [5.74, 6) is 0. The van der Waals surface area contributed by atoms with Gasteiger partial charge >= 0.3 is 0 Å². The molecule has 0 radical (unpaired) electrons. The number of carbonyl (C=O) groups excluding carboxylic acids is 1. The van der Waals surface area contributed by atoms with Gasteiger partial charge in [0.05, 0.1) is 0 Å². The van der Waals surface area contributed by atoms with Crippen LogP contribution in [0.25, 0.3) is 0 Å². The quantitative estimate of drug-likeness (QED) is 0.343. The Labute approximate surface area is 68.1 Å². The van der Waals surface area contributed by atoms with Crippen LogP contribution < -0.4 is 0 Å². The van der Waals surface area contributed by atoms with Crippen molar-refractivity contribution in [3.63, 3.8) is 0 Å². The van der Waals surface area contributed by atoms with Gasteiger partial charge in [0.2, 0.25) is 0 Å². The molecule has 0 spiro atoms. The van der Waals surface area contributed by atoms with Crippen LogP contribution in [0.2, 0.25) is 0 Å². The Morgan fingerprint density at radius 3 is 2.00 bits per heavy atom. The summed E-state index contributed by atoms with van der Waals surface area (Å²) in [4.78, 5) is 10.1. The molecule has 11 heavy (non-hydrogen) atoms. The third-order valence-electron chi connectivity index (χ3n) is 1.09. The zero-order valence-electron chi connectivity index (χ0n) is 7.29. The lowest BCUT2D eigenvalue weighted by Gasteiger charge is -1.82. The molecule has 0 aromatic heterocycles. The third-order valence-corrected chi connectivity index (χ3v) is 1.09. The van der Waals surface area contributed by atoms with Gasteiger partial charge in [-0.15, -0.1) is 0 Å². The molecular formula is C10H14O. The zero-order valence-corrected chi connectivity index (χ0v) is 7.29. The first-order valence-corrected chi connectivity index (χ1v) is 3.60. The molecule has 1 heteroatoms. The molecule has 0 bridgehead atoms. The van der Waals surface area contributed by atoms with E-state index in [0.29, 0.717) is 0 Å². The number of hydrogen-bond donors (Lipinski definition) is 0. The second-order valence-corrected chi connectivity index (χ2v) is 2.66. The fraction of sp³-hybridized carbons (Fsp3) is 0.300. The molecule has 0 amide bonds. The van der Waals surface area contributed by atoms with Crippen molar-refractivity contribution in [2.45, 2.75) is 20.8 Å². The van der Waals surface area contributed by atoms with E-state index in [-0.39, 0.29) is 0 Å². The minimum Gasteiger partial charge on any atom is -0.298 e. The number of rotatable bonds is 3. The average molecular weight is 150 g/mol. The van der Waals surface area contributed by atoms with Crippen molar-refractivity contribution in [2.75, 3.05) is 0 Å². The Morgan fingerprint density at radius 2 is 1.55 bits per heavy atom. The molecule has 1 nitrogen and oxygen atoms in total. The molecule has 0 saturated carbocycles. The van der Waals surface area contributed by atoms with E-state index in [1.807, 2.05) is 32.1 Å². The molecule has 0 aliphatic carbocycles. The predicted molar refractivity (Wildman–Crippen MR) is 48.4 cm³/mol. The molecule has 0 aliphatic heterocycles. The van der Waals surface area contributed by atoms with Crippen LogP contribution in [0.3, 0.4) is 0 Å². The number of carbonyl (C=O) groups is 1. The molecule has 0 fully saturated rings. The minimum atomic E-state index is 0.739. The first-order chi connectivity index (χ1) is 5.16. The van der Waals surface area contributed by atoms with Crippen LogP contribution in [0.15, 0.2) is 35.5 Å². The maximum Gasteiger partial charge on any atom is 0.145 e. The van der Waals surface area contributed by atoms with Gasteiger partial charge in [0.1, 0.15) is 6.29 Å². The lowest BCUT2D eigenvalue weighted by molar-refractivity contribution is -0.104. The third kappa shape index (κ3) is 6.78. The van der Waals surface area contributed by atoms with Crippen molar-refractivity contribution in [3.05, 3.63) is 35.5 Å². The molecule has 0 heterocycles. The molecule has 0 aromatic rings. The summed E-state index contributed by atoms with van der Waals surface area (Å²) in [6.45, 7) is 5.83. The molecule has 60 valence electrons. The normalized spacial score (nSPS) is 11.7. The zero-order chi connectivity index (χ0) is 8.69. The van der Waals surface area contributed by atoms with Gasteiger partial charge in [-0.1, -0.05) is 29.9 Å². The topological polar surface area (TPSA) is 17.1 Å². The summed E-state index contributed by atoms with van der Waals surface area (Å²) in [6, 6.07) is 0. The predicted octanol–water partition coefficient (Wildman–Crippen LogP) is 2.65. The molecule has 0 saturated heterocycles. The highest BCUT2D eigenvalue weighted by atomic mass is 16.1. The van der Waals surface area contributed by atoms with E-state index in [9.17, 15) is 4.79 Å². The maximum atomic E-state index is 10.1. The van der Waals surface area contributed by atoms with Gasteiger partial charge in [-0.25, -0.2) is 0 Å². The van der Waals surface area contributed by atoms with Crippen LogP contribution in [0.1, 0.15) is 20.8 Å². The second-order valence-electron chi connectivity index (χ2n) is 2.66. The monoisotopic (exact) mass is 150 g/mol. The van der Waals surface area contributed by atoms with Crippen LogP contribution in [0.4, 0.5) is 0 Å². The SMILES string of the molecule is CC(C)=CC=CC=C(C)C=O. The summed E-state index contributed by atoms with van der Waals surface area (Å²) in [7, 11) is 0. The molecule has 0 atom stereocenters.